The molecule has 92 valence electrons. The first-order valence-corrected chi connectivity index (χ1v) is 5.88. The molecule has 0 aliphatic carbocycles. The summed E-state index contributed by atoms with van der Waals surface area (Å²) < 4.78 is 5.43. The molecule has 1 N–H and O–H groups in total. The molecule has 0 aromatic carbocycles. The second-order valence-corrected chi connectivity index (χ2v) is 4.17. The van der Waals surface area contributed by atoms with Gasteiger partial charge in [-0.05, 0) is 25.0 Å². The summed E-state index contributed by atoms with van der Waals surface area (Å²) in [5.41, 5.74) is 0.425. The lowest BCUT2D eigenvalue weighted by atomic mass is 10.1. The van der Waals surface area contributed by atoms with Crippen LogP contribution in [0.3, 0.4) is 0 Å². The van der Waals surface area contributed by atoms with Gasteiger partial charge in [0.15, 0.2) is 0 Å². The van der Waals surface area contributed by atoms with Crippen molar-refractivity contribution in [2.24, 2.45) is 5.92 Å². The fraction of sp³-hybridized carbons (Fsp3) is 0.538. The van der Waals surface area contributed by atoms with Crippen molar-refractivity contribution < 1.29 is 4.74 Å². The largest absolute Gasteiger partial charge is 0.380 e. The van der Waals surface area contributed by atoms with Crippen LogP contribution >= 0.6 is 0 Å². The van der Waals surface area contributed by atoms with Crippen molar-refractivity contribution in [2.75, 3.05) is 18.5 Å². The molecule has 0 bridgehead atoms. The Morgan fingerprint density at radius 2 is 2.24 bits per heavy atom. The molecule has 1 aromatic heterocycles. The molecule has 0 saturated carbocycles. The molecule has 1 rings (SSSR count). The van der Waals surface area contributed by atoms with Crippen LogP contribution < -0.4 is 5.32 Å². The summed E-state index contributed by atoms with van der Waals surface area (Å²) in [6.07, 6.45) is 0. The summed E-state index contributed by atoms with van der Waals surface area (Å²) >= 11 is 0. The van der Waals surface area contributed by atoms with E-state index in [1.807, 2.05) is 25.1 Å². The minimum atomic E-state index is 0.205. The summed E-state index contributed by atoms with van der Waals surface area (Å²) in [5.74, 6) is 1.16. The van der Waals surface area contributed by atoms with Crippen molar-refractivity contribution in [1.29, 1.82) is 5.26 Å². The molecule has 0 aliphatic heterocycles. The minimum absolute atomic E-state index is 0.205. The third-order valence-electron chi connectivity index (χ3n) is 2.50. The molecule has 0 spiro atoms. The lowest BCUT2D eigenvalue weighted by Crippen LogP contribution is -2.31. The standard InChI is InChI=1S/C13H19N3O/c1-4-17-9-12(10(2)3)16-13-7-5-6-11(8-14)15-13/h5-7,10,12H,4,9H2,1-3H3,(H,15,16). The average molecular weight is 233 g/mol. The lowest BCUT2D eigenvalue weighted by molar-refractivity contribution is 0.126. The Bertz CT molecular complexity index is 384. The normalized spacial score (nSPS) is 12.2. The van der Waals surface area contributed by atoms with E-state index in [2.05, 4.69) is 24.1 Å². The molecule has 0 amide bonds. The van der Waals surface area contributed by atoms with Gasteiger partial charge in [0.2, 0.25) is 0 Å². The zero-order valence-corrected chi connectivity index (χ0v) is 10.6. The molecule has 1 atom stereocenters. The molecule has 1 unspecified atom stereocenters. The molecule has 1 aromatic rings. The van der Waals surface area contributed by atoms with Crippen LogP contribution in [0.25, 0.3) is 0 Å². The topological polar surface area (TPSA) is 57.9 Å². The maximum atomic E-state index is 8.78. The number of nitrogens with one attached hydrogen (secondary N) is 1. The van der Waals surface area contributed by atoms with Gasteiger partial charge in [-0.15, -0.1) is 0 Å². The van der Waals surface area contributed by atoms with E-state index < -0.39 is 0 Å². The zero-order valence-electron chi connectivity index (χ0n) is 10.6. The molecular formula is C13H19N3O. The first kappa shape index (κ1) is 13.5. The van der Waals surface area contributed by atoms with E-state index in [0.717, 1.165) is 5.82 Å². The first-order valence-electron chi connectivity index (χ1n) is 5.88. The van der Waals surface area contributed by atoms with E-state index in [1.165, 1.54) is 0 Å². The van der Waals surface area contributed by atoms with Gasteiger partial charge in [0, 0.05) is 6.61 Å². The van der Waals surface area contributed by atoms with Gasteiger partial charge in [-0.3, -0.25) is 0 Å². The van der Waals surface area contributed by atoms with E-state index in [4.69, 9.17) is 10.00 Å². The van der Waals surface area contributed by atoms with Gasteiger partial charge in [-0.2, -0.15) is 5.26 Å². The van der Waals surface area contributed by atoms with Crippen molar-refractivity contribution in [3.63, 3.8) is 0 Å². The number of hydrogen-bond acceptors (Lipinski definition) is 4. The van der Waals surface area contributed by atoms with Crippen LogP contribution in [0, 0.1) is 17.2 Å². The molecule has 0 saturated heterocycles. The summed E-state index contributed by atoms with van der Waals surface area (Å²) in [7, 11) is 0. The Balaban J connectivity index is 2.68. The second kappa shape index (κ2) is 6.87. The van der Waals surface area contributed by atoms with E-state index in [9.17, 15) is 0 Å². The van der Waals surface area contributed by atoms with Crippen LogP contribution in [0.2, 0.25) is 0 Å². The van der Waals surface area contributed by atoms with Crippen molar-refractivity contribution in [3.8, 4) is 6.07 Å². The van der Waals surface area contributed by atoms with E-state index in [0.29, 0.717) is 24.8 Å². The predicted octanol–water partition coefficient (Wildman–Crippen LogP) is 2.43. The Morgan fingerprint density at radius 1 is 1.47 bits per heavy atom. The maximum Gasteiger partial charge on any atom is 0.142 e. The van der Waals surface area contributed by atoms with Gasteiger partial charge >= 0.3 is 0 Å². The van der Waals surface area contributed by atoms with Crippen LogP contribution in [0.1, 0.15) is 26.5 Å². The van der Waals surface area contributed by atoms with Gasteiger partial charge in [-0.1, -0.05) is 19.9 Å². The van der Waals surface area contributed by atoms with E-state index >= 15 is 0 Å². The Kier molecular flexibility index (Phi) is 5.44. The summed E-state index contributed by atoms with van der Waals surface area (Å²) in [4.78, 5) is 4.19. The number of aromatic nitrogens is 1. The Morgan fingerprint density at radius 3 is 2.82 bits per heavy atom. The second-order valence-electron chi connectivity index (χ2n) is 4.17. The predicted molar refractivity (Wildman–Crippen MR) is 67.7 cm³/mol. The van der Waals surface area contributed by atoms with Gasteiger partial charge in [-0.25, -0.2) is 4.98 Å². The van der Waals surface area contributed by atoms with Crippen molar-refractivity contribution in [2.45, 2.75) is 26.8 Å². The fourth-order valence-electron chi connectivity index (χ4n) is 1.41. The van der Waals surface area contributed by atoms with Crippen molar-refractivity contribution in [1.82, 2.24) is 4.98 Å². The summed E-state index contributed by atoms with van der Waals surface area (Å²) in [6.45, 7) is 7.59. The van der Waals surface area contributed by atoms with Crippen molar-refractivity contribution in [3.05, 3.63) is 23.9 Å². The Hall–Kier alpha value is -1.60. The highest BCUT2D eigenvalue weighted by Crippen LogP contribution is 2.11. The summed E-state index contributed by atoms with van der Waals surface area (Å²) in [5, 5.41) is 12.1. The molecule has 0 radical (unpaired) electrons. The van der Waals surface area contributed by atoms with Gasteiger partial charge < -0.3 is 10.1 Å². The molecule has 4 nitrogen and oxygen atoms in total. The third kappa shape index (κ3) is 4.41. The van der Waals surface area contributed by atoms with Gasteiger partial charge in [0.1, 0.15) is 17.6 Å². The van der Waals surface area contributed by atoms with Crippen molar-refractivity contribution >= 4 is 5.82 Å². The quantitative estimate of drug-likeness (QED) is 0.819. The molecular weight excluding hydrogens is 214 g/mol. The number of rotatable bonds is 6. The molecule has 17 heavy (non-hydrogen) atoms. The third-order valence-corrected chi connectivity index (χ3v) is 2.50. The molecule has 1 heterocycles. The number of anilines is 1. The monoisotopic (exact) mass is 233 g/mol. The van der Waals surface area contributed by atoms with Crippen LogP contribution in [-0.4, -0.2) is 24.2 Å². The minimum Gasteiger partial charge on any atom is -0.380 e. The maximum absolute atomic E-state index is 8.78. The van der Waals surface area contributed by atoms with Crippen LogP contribution in [0.4, 0.5) is 5.82 Å². The fourth-order valence-corrected chi connectivity index (χ4v) is 1.41. The highest BCUT2D eigenvalue weighted by atomic mass is 16.5. The number of nitrogens with zero attached hydrogens (tertiary/aromatic N) is 2. The number of ether oxygens (including phenoxy) is 1. The lowest BCUT2D eigenvalue weighted by Gasteiger charge is -2.22. The smallest absolute Gasteiger partial charge is 0.142 e. The highest BCUT2D eigenvalue weighted by Gasteiger charge is 2.13. The highest BCUT2D eigenvalue weighted by molar-refractivity contribution is 5.39. The van der Waals surface area contributed by atoms with E-state index in [-0.39, 0.29) is 6.04 Å². The first-order chi connectivity index (χ1) is 8.17. The van der Waals surface area contributed by atoms with Gasteiger partial charge in [0.25, 0.3) is 0 Å². The van der Waals surface area contributed by atoms with E-state index in [1.54, 1.807) is 6.07 Å². The number of hydrogen-bond donors (Lipinski definition) is 1. The van der Waals surface area contributed by atoms with Gasteiger partial charge in [0.05, 0.1) is 12.6 Å². The van der Waals surface area contributed by atoms with Crippen LogP contribution in [-0.2, 0) is 4.74 Å². The molecule has 0 fully saturated rings. The SMILES string of the molecule is CCOCC(Nc1cccc(C#N)n1)C(C)C. The summed E-state index contributed by atoms with van der Waals surface area (Å²) in [6, 6.07) is 7.62. The molecule has 0 aliphatic rings. The zero-order chi connectivity index (χ0) is 12.7. The molecule has 4 heteroatoms. The Labute approximate surface area is 103 Å². The average Bonchev–Trinajstić information content (AvgIpc) is 2.34. The number of nitriles is 1. The number of pyridine rings is 1. The van der Waals surface area contributed by atoms with Crippen LogP contribution in [0.15, 0.2) is 18.2 Å². The van der Waals surface area contributed by atoms with Crippen LogP contribution in [0.5, 0.6) is 0 Å².